The number of carbonyl (C=O) groups is 1. The van der Waals surface area contributed by atoms with E-state index in [9.17, 15) is 13.2 Å². The van der Waals surface area contributed by atoms with Crippen LogP contribution in [-0.2, 0) is 21.1 Å². The molecule has 120 valence electrons. The molecule has 0 aliphatic heterocycles. The fraction of sp³-hybridized carbons (Fsp3) is 0.467. The summed E-state index contributed by atoms with van der Waals surface area (Å²) < 4.78 is 23.5. The Kier molecular flexibility index (Phi) is 5.52. The fourth-order valence-corrected chi connectivity index (χ4v) is 4.27. The first-order chi connectivity index (χ1) is 10.3. The quantitative estimate of drug-likeness (QED) is 0.838. The van der Waals surface area contributed by atoms with E-state index in [-0.39, 0.29) is 17.7 Å². The molecule has 0 aliphatic carbocycles. The zero-order chi connectivity index (χ0) is 16.2. The number of fused-ring (bicyclic) bond motifs is 1. The van der Waals surface area contributed by atoms with Crippen LogP contribution in [-0.4, -0.2) is 37.4 Å². The van der Waals surface area contributed by atoms with Crippen molar-refractivity contribution in [2.45, 2.75) is 32.2 Å². The number of benzene rings is 1. The number of aromatic nitrogens is 1. The Balaban J connectivity index is 1.77. The average molecular weight is 340 g/mol. The average Bonchev–Trinajstić information content (AvgIpc) is 2.78. The van der Waals surface area contributed by atoms with Gasteiger partial charge in [-0.05, 0) is 31.9 Å². The molecular formula is C15H20N2O3S2. The van der Waals surface area contributed by atoms with Gasteiger partial charge in [0.25, 0.3) is 0 Å². The maximum absolute atomic E-state index is 11.8. The number of rotatable bonds is 7. The topological polar surface area (TPSA) is 76.1 Å². The number of sulfone groups is 1. The molecule has 1 heterocycles. The lowest BCUT2D eigenvalue weighted by molar-refractivity contribution is -0.121. The molecule has 1 aromatic carbocycles. The van der Waals surface area contributed by atoms with Gasteiger partial charge in [-0.2, -0.15) is 0 Å². The van der Waals surface area contributed by atoms with Crippen LogP contribution in [0.2, 0.25) is 0 Å². The summed E-state index contributed by atoms with van der Waals surface area (Å²) in [5.74, 6) is -0.145. The number of aryl methyl sites for hydroxylation is 1. The number of para-hydroxylation sites is 1. The molecule has 0 radical (unpaired) electrons. The third-order valence-corrected chi connectivity index (χ3v) is 5.29. The van der Waals surface area contributed by atoms with Crippen LogP contribution >= 0.6 is 11.3 Å². The van der Waals surface area contributed by atoms with Crippen molar-refractivity contribution < 1.29 is 13.2 Å². The van der Waals surface area contributed by atoms with Crippen LogP contribution in [0.15, 0.2) is 24.3 Å². The van der Waals surface area contributed by atoms with Crippen molar-refractivity contribution in [2.75, 3.05) is 12.0 Å². The van der Waals surface area contributed by atoms with E-state index in [0.717, 1.165) is 21.6 Å². The van der Waals surface area contributed by atoms with Crippen LogP contribution in [0.1, 0.15) is 24.8 Å². The molecule has 0 spiro atoms. The molecule has 0 aliphatic rings. The molecule has 1 atom stereocenters. The third-order valence-electron chi connectivity index (χ3n) is 3.09. The Morgan fingerprint density at radius 1 is 1.36 bits per heavy atom. The van der Waals surface area contributed by atoms with Gasteiger partial charge in [0.15, 0.2) is 0 Å². The molecule has 0 bridgehead atoms. The van der Waals surface area contributed by atoms with Gasteiger partial charge >= 0.3 is 0 Å². The van der Waals surface area contributed by atoms with Gasteiger partial charge in [-0.15, -0.1) is 11.3 Å². The highest BCUT2D eigenvalue weighted by Crippen LogP contribution is 2.22. The van der Waals surface area contributed by atoms with Crippen LogP contribution in [0, 0.1) is 0 Å². The number of hydrogen-bond acceptors (Lipinski definition) is 5. The highest BCUT2D eigenvalue weighted by molar-refractivity contribution is 7.90. The molecule has 0 saturated heterocycles. The van der Waals surface area contributed by atoms with Crippen molar-refractivity contribution in [3.63, 3.8) is 0 Å². The molecule has 0 fully saturated rings. The summed E-state index contributed by atoms with van der Waals surface area (Å²) in [6, 6.07) is 7.61. The molecule has 2 rings (SSSR count). The fourth-order valence-electron chi connectivity index (χ4n) is 2.27. The Labute approximate surface area is 134 Å². The van der Waals surface area contributed by atoms with Crippen LogP contribution in [0.4, 0.5) is 0 Å². The lowest BCUT2D eigenvalue weighted by atomic mass is 10.2. The minimum atomic E-state index is -3.07. The Morgan fingerprint density at radius 2 is 2.09 bits per heavy atom. The Bertz CT molecular complexity index is 720. The lowest BCUT2D eigenvalue weighted by Gasteiger charge is -2.12. The predicted octanol–water partition coefficient (Wildman–Crippen LogP) is 2.17. The lowest BCUT2D eigenvalue weighted by Crippen LogP contribution is -2.37. The molecule has 7 heteroatoms. The van der Waals surface area contributed by atoms with Gasteiger partial charge in [-0.3, -0.25) is 4.79 Å². The summed E-state index contributed by atoms with van der Waals surface area (Å²) in [5.41, 5.74) is 0.994. The van der Waals surface area contributed by atoms with E-state index in [1.807, 2.05) is 24.3 Å². The molecule has 1 amide bonds. The van der Waals surface area contributed by atoms with E-state index >= 15 is 0 Å². The van der Waals surface area contributed by atoms with Gasteiger partial charge < -0.3 is 5.32 Å². The highest BCUT2D eigenvalue weighted by atomic mass is 32.2. The van der Waals surface area contributed by atoms with Gasteiger partial charge in [0, 0.05) is 18.7 Å². The number of thiazole rings is 1. The van der Waals surface area contributed by atoms with Crippen molar-refractivity contribution in [1.29, 1.82) is 0 Å². The largest absolute Gasteiger partial charge is 0.353 e. The number of hydrogen-bond donors (Lipinski definition) is 1. The first-order valence-corrected chi connectivity index (χ1v) is 10.0. The molecule has 2 aromatic rings. The monoisotopic (exact) mass is 340 g/mol. The molecule has 0 saturated carbocycles. The van der Waals surface area contributed by atoms with Gasteiger partial charge in [0.05, 0.1) is 21.0 Å². The van der Waals surface area contributed by atoms with E-state index in [0.29, 0.717) is 12.8 Å². The maximum atomic E-state index is 11.8. The third kappa shape index (κ3) is 5.38. The van der Waals surface area contributed by atoms with E-state index in [1.165, 1.54) is 6.26 Å². The van der Waals surface area contributed by atoms with E-state index < -0.39 is 9.84 Å². The van der Waals surface area contributed by atoms with Crippen LogP contribution in [0.3, 0.4) is 0 Å². The van der Waals surface area contributed by atoms with Crippen LogP contribution < -0.4 is 5.32 Å². The van der Waals surface area contributed by atoms with E-state index in [2.05, 4.69) is 10.3 Å². The number of carbonyl (C=O) groups excluding carboxylic acids is 1. The van der Waals surface area contributed by atoms with Crippen molar-refractivity contribution >= 4 is 37.3 Å². The summed E-state index contributed by atoms with van der Waals surface area (Å²) in [6.45, 7) is 1.70. The zero-order valence-corrected chi connectivity index (χ0v) is 14.3. The molecule has 0 unspecified atom stereocenters. The minimum absolute atomic E-state index is 0.0311. The number of amides is 1. The SMILES string of the molecule is C[C@H](CS(C)(=O)=O)NC(=O)CCCc1nc2ccccc2s1. The number of nitrogens with zero attached hydrogens (tertiary/aromatic N) is 1. The molecule has 1 N–H and O–H groups in total. The highest BCUT2D eigenvalue weighted by Gasteiger charge is 2.13. The van der Waals surface area contributed by atoms with Gasteiger partial charge in [-0.25, -0.2) is 13.4 Å². The van der Waals surface area contributed by atoms with E-state index in [4.69, 9.17) is 0 Å². The van der Waals surface area contributed by atoms with Crippen molar-refractivity contribution in [3.05, 3.63) is 29.3 Å². The van der Waals surface area contributed by atoms with Crippen LogP contribution in [0.25, 0.3) is 10.2 Å². The van der Waals surface area contributed by atoms with Gasteiger partial charge in [0.2, 0.25) is 5.91 Å². The maximum Gasteiger partial charge on any atom is 0.220 e. The van der Waals surface area contributed by atoms with Crippen molar-refractivity contribution in [3.8, 4) is 0 Å². The minimum Gasteiger partial charge on any atom is -0.353 e. The van der Waals surface area contributed by atoms with E-state index in [1.54, 1.807) is 18.3 Å². The molecule has 5 nitrogen and oxygen atoms in total. The number of nitrogens with one attached hydrogen (secondary N) is 1. The predicted molar refractivity (Wildman–Crippen MR) is 89.9 cm³/mol. The van der Waals surface area contributed by atoms with Crippen molar-refractivity contribution in [1.82, 2.24) is 10.3 Å². The smallest absolute Gasteiger partial charge is 0.220 e. The summed E-state index contributed by atoms with van der Waals surface area (Å²) in [7, 11) is -3.07. The van der Waals surface area contributed by atoms with Crippen LogP contribution in [0.5, 0.6) is 0 Å². The molecular weight excluding hydrogens is 320 g/mol. The van der Waals surface area contributed by atoms with Crippen molar-refractivity contribution in [2.24, 2.45) is 0 Å². The second-order valence-electron chi connectivity index (χ2n) is 5.49. The Morgan fingerprint density at radius 3 is 2.77 bits per heavy atom. The standard InChI is InChI=1S/C15H20N2O3S2/c1-11(10-22(2,19)20)16-14(18)8-5-9-15-17-12-6-3-4-7-13(12)21-15/h3-4,6-7,11H,5,8-10H2,1-2H3,(H,16,18)/t11-/m1/s1. The first-order valence-electron chi connectivity index (χ1n) is 7.15. The summed E-state index contributed by atoms with van der Waals surface area (Å²) in [4.78, 5) is 16.3. The summed E-state index contributed by atoms with van der Waals surface area (Å²) in [6.07, 6.45) is 3.01. The molecule has 1 aromatic heterocycles. The summed E-state index contributed by atoms with van der Waals surface area (Å²) >= 11 is 1.65. The van der Waals surface area contributed by atoms with Gasteiger partial charge in [0.1, 0.15) is 9.84 Å². The second kappa shape index (κ2) is 7.19. The zero-order valence-electron chi connectivity index (χ0n) is 12.7. The Hall–Kier alpha value is -1.47. The normalized spacial score (nSPS) is 13.2. The van der Waals surface area contributed by atoms with Gasteiger partial charge in [-0.1, -0.05) is 12.1 Å². The first kappa shape index (κ1) is 16.9. The molecule has 22 heavy (non-hydrogen) atoms. The second-order valence-corrected chi connectivity index (χ2v) is 8.79. The summed E-state index contributed by atoms with van der Waals surface area (Å²) in [5, 5.41) is 3.74.